The second-order valence-electron chi connectivity index (χ2n) is 4.23. The first-order valence-corrected chi connectivity index (χ1v) is 6.54. The van der Waals surface area contributed by atoms with Crippen LogP contribution in [0.3, 0.4) is 0 Å². The fourth-order valence-corrected chi connectivity index (χ4v) is 2.03. The van der Waals surface area contributed by atoms with Gasteiger partial charge >= 0.3 is 6.18 Å². The molecule has 114 valence electrons. The molecule has 1 aromatic rings. The van der Waals surface area contributed by atoms with Gasteiger partial charge in [0.2, 0.25) is 0 Å². The minimum Gasteiger partial charge on any atom is -0.372 e. The predicted octanol–water partition coefficient (Wildman–Crippen LogP) is 4.10. The van der Waals surface area contributed by atoms with Crippen LogP contribution in [-0.2, 0) is 4.74 Å². The zero-order valence-electron chi connectivity index (χ0n) is 10.9. The van der Waals surface area contributed by atoms with Crippen LogP contribution in [0.4, 0.5) is 17.6 Å². The van der Waals surface area contributed by atoms with Crippen LogP contribution in [-0.4, -0.2) is 25.9 Å². The van der Waals surface area contributed by atoms with Gasteiger partial charge in [0.25, 0.3) is 0 Å². The molecule has 0 radical (unpaired) electrons. The lowest BCUT2D eigenvalue weighted by Crippen LogP contribution is -2.24. The highest BCUT2D eigenvalue weighted by Gasteiger charge is 2.27. The number of benzene rings is 1. The molecule has 0 aromatic heterocycles. The minimum absolute atomic E-state index is 0.0932. The molecule has 0 amide bonds. The highest BCUT2D eigenvalue weighted by molar-refractivity contribution is 6.31. The first-order valence-electron chi connectivity index (χ1n) is 6.16. The average Bonchev–Trinajstić information content (AvgIpc) is 2.35. The molecule has 0 aliphatic heterocycles. The van der Waals surface area contributed by atoms with Crippen molar-refractivity contribution in [2.24, 2.45) is 0 Å². The zero-order chi connectivity index (χ0) is 15.2. The van der Waals surface area contributed by atoms with E-state index in [4.69, 9.17) is 11.6 Å². The maximum Gasteiger partial charge on any atom is 0.411 e. The zero-order valence-corrected chi connectivity index (χ0v) is 11.7. The molecule has 20 heavy (non-hydrogen) atoms. The van der Waals surface area contributed by atoms with Crippen LogP contribution in [0.1, 0.15) is 24.9 Å². The lowest BCUT2D eigenvalue weighted by atomic mass is 10.0. The molecule has 1 aromatic carbocycles. The van der Waals surface area contributed by atoms with Crippen LogP contribution in [0.5, 0.6) is 0 Å². The third-order valence-corrected chi connectivity index (χ3v) is 2.94. The Balaban J connectivity index is 2.62. The normalized spacial score (nSPS) is 13.5. The Hall–Kier alpha value is -0.850. The standard InChI is InChI=1S/C13H16ClF4NO/c1-2-19-12(5-6-20-8-13(16,17)18)10-7-9(15)3-4-11(10)14/h3-4,7,12,19H,2,5-6,8H2,1H3. The van der Waals surface area contributed by atoms with Crippen molar-refractivity contribution < 1.29 is 22.3 Å². The quantitative estimate of drug-likeness (QED) is 0.604. The predicted molar refractivity (Wildman–Crippen MR) is 69.3 cm³/mol. The van der Waals surface area contributed by atoms with Crippen LogP contribution in [0.2, 0.25) is 5.02 Å². The van der Waals surface area contributed by atoms with Gasteiger partial charge in [-0.3, -0.25) is 0 Å². The van der Waals surface area contributed by atoms with Crippen molar-refractivity contribution in [3.05, 3.63) is 34.6 Å². The van der Waals surface area contributed by atoms with Crippen molar-refractivity contribution in [1.29, 1.82) is 0 Å². The average molecular weight is 314 g/mol. The number of halogens is 5. The van der Waals surface area contributed by atoms with E-state index in [1.54, 1.807) is 0 Å². The Labute approximate surface area is 120 Å². The van der Waals surface area contributed by atoms with Crippen molar-refractivity contribution in [1.82, 2.24) is 5.32 Å². The van der Waals surface area contributed by atoms with E-state index in [1.807, 2.05) is 6.92 Å². The van der Waals surface area contributed by atoms with Crippen molar-refractivity contribution >= 4 is 11.6 Å². The Morgan fingerprint density at radius 3 is 2.65 bits per heavy atom. The summed E-state index contributed by atoms with van der Waals surface area (Å²) in [5, 5.41) is 3.42. The maximum absolute atomic E-state index is 13.2. The Morgan fingerprint density at radius 2 is 2.05 bits per heavy atom. The van der Waals surface area contributed by atoms with Crippen LogP contribution < -0.4 is 5.32 Å². The van der Waals surface area contributed by atoms with Crippen molar-refractivity contribution in [3.63, 3.8) is 0 Å². The maximum atomic E-state index is 13.2. The summed E-state index contributed by atoms with van der Waals surface area (Å²) in [6, 6.07) is 3.58. The van der Waals surface area contributed by atoms with Gasteiger partial charge in [-0.25, -0.2) is 4.39 Å². The summed E-state index contributed by atoms with van der Waals surface area (Å²) in [6.07, 6.45) is -4.07. The number of hydrogen-bond donors (Lipinski definition) is 1. The summed E-state index contributed by atoms with van der Waals surface area (Å²) in [5.74, 6) is -0.441. The number of nitrogens with one attached hydrogen (secondary N) is 1. The SMILES string of the molecule is CCNC(CCOCC(F)(F)F)c1cc(F)ccc1Cl. The molecule has 0 saturated carbocycles. The molecule has 1 unspecified atom stereocenters. The fraction of sp³-hybridized carbons (Fsp3) is 0.538. The lowest BCUT2D eigenvalue weighted by Gasteiger charge is -2.20. The molecular weight excluding hydrogens is 298 g/mol. The Morgan fingerprint density at radius 1 is 1.35 bits per heavy atom. The van der Waals surface area contributed by atoms with E-state index in [-0.39, 0.29) is 19.1 Å². The van der Waals surface area contributed by atoms with E-state index in [0.717, 1.165) is 0 Å². The molecule has 1 N–H and O–H groups in total. The molecule has 0 fully saturated rings. The second kappa shape index (κ2) is 7.81. The molecule has 0 bridgehead atoms. The fourth-order valence-electron chi connectivity index (χ4n) is 1.78. The molecule has 7 heteroatoms. The monoisotopic (exact) mass is 313 g/mol. The van der Waals surface area contributed by atoms with Crippen molar-refractivity contribution in [3.8, 4) is 0 Å². The summed E-state index contributed by atoms with van der Waals surface area (Å²) in [4.78, 5) is 0. The largest absolute Gasteiger partial charge is 0.411 e. The van der Waals surface area contributed by atoms with Gasteiger partial charge in [0.15, 0.2) is 0 Å². The summed E-state index contributed by atoms with van der Waals surface area (Å²) in [5.41, 5.74) is 0.518. The van der Waals surface area contributed by atoms with Gasteiger partial charge in [0.1, 0.15) is 12.4 Å². The molecule has 0 aliphatic carbocycles. The third kappa shape index (κ3) is 6.07. The highest BCUT2D eigenvalue weighted by Crippen LogP contribution is 2.26. The second-order valence-corrected chi connectivity index (χ2v) is 4.64. The number of ether oxygens (including phenoxy) is 1. The number of alkyl halides is 3. The summed E-state index contributed by atoms with van der Waals surface area (Å²) in [7, 11) is 0. The molecule has 0 saturated heterocycles. The van der Waals surface area contributed by atoms with Gasteiger partial charge in [-0.1, -0.05) is 18.5 Å². The molecule has 0 aliphatic rings. The smallest absolute Gasteiger partial charge is 0.372 e. The Bertz CT molecular complexity index is 425. The molecule has 0 spiro atoms. The third-order valence-electron chi connectivity index (χ3n) is 2.60. The van der Waals surface area contributed by atoms with Crippen LogP contribution in [0.25, 0.3) is 0 Å². The van der Waals surface area contributed by atoms with Crippen molar-refractivity contribution in [2.45, 2.75) is 25.6 Å². The van der Waals surface area contributed by atoms with Gasteiger partial charge < -0.3 is 10.1 Å². The first-order chi connectivity index (χ1) is 9.33. The summed E-state index contributed by atoms with van der Waals surface area (Å²) >= 11 is 5.98. The van der Waals surface area contributed by atoms with Gasteiger partial charge in [0, 0.05) is 17.7 Å². The van der Waals surface area contributed by atoms with E-state index in [0.29, 0.717) is 17.1 Å². The van der Waals surface area contributed by atoms with E-state index >= 15 is 0 Å². The lowest BCUT2D eigenvalue weighted by molar-refractivity contribution is -0.174. The molecule has 1 rings (SSSR count). The highest BCUT2D eigenvalue weighted by atomic mass is 35.5. The summed E-state index contributed by atoms with van der Waals surface area (Å²) in [6.45, 7) is 1.04. The molecular formula is C13H16ClF4NO. The first kappa shape index (κ1) is 17.2. The van der Waals surface area contributed by atoms with E-state index in [2.05, 4.69) is 10.1 Å². The topological polar surface area (TPSA) is 21.3 Å². The van der Waals surface area contributed by atoms with Crippen LogP contribution in [0.15, 0.2) is 18.2 Å². The number of rotatable bonds is 7. The van der Waals surface area contributed by atoms with E-state index in [1.165, 1.54) is 18.2 Å². The molecule has 0 heterocycles. The van der Waals surface area contributed by atoms with E-state index in [9.17, 15) is 17.6 Å². The van der Waals surface area contributed by atoms with Gasteiger partial charge in [-0.05, 0) is 36.7 Å². The van der Waals surface area contributed by atoms with Gasteiger partial charge in [0.05, 0.1) is 0 Å². The molecule has 2 nitrogen and oxygen atoms in total. The summed E-state index contributed by atoms with van der Waals surface area (Å²) < 4.78 is 53.7. The van der Waals surface area contributed by atoms with Gasteiger partial charge in [-0.2, -0.15) is 13.2 Å². The molecule has 1 atom stereocenters. The van der Waals surface area contributed by atoms with E-state index < -0.39 is 18.6 Å². The van der Waals surface area contributed by atoms with Crippen molar-refractivity contribution in [2.75, 3.05) is 19.8 Å². The van der Waals surface area contributed by atoms with Crippen LogP contribution in [0, 0.1) is 5.82 Å². The minimum atomic E-state index is -4.34. The number of hydrogen-bond acceptors (Lipinski definition) is 2. The van der Waals surface area contributed by atoms with Crippen LogP contribution >= 0.6 is 11.6 Å². The Kier molecular flexibility index (Phi) is 6.71. The van der Waals surface area contributed by atoms with Gasteiger partial charge in [-0.15, -0.1) is 0 Å².